The normalized spacial score (nSPS) is 15.8. The molecule has 21 heavy (non-hydrogen) atoms. The molecule has 1 fully saturated rings. The summed E-state index contributed by atoms with van der Waals surface area (Å²) in [5.74, 6) is 1.35. The molecule has 3 N–H and O–H groups in total. The lowest BCUT2D eigenvalue weighted by Gasteiger charge is -2.24. The average molecular weight is 291 g/mol. The van der Waals surface area contributed by atoms with E-state index in [0.717, 1.165) is 18.7 Å². The third-order valence-corrected chi connectivity index (χ3v) is 3.70. The number of hydrogen-bond acceptors (Lipinski definition) is 4. The van der Waals surface area contributed by atoms with Crippen LogP contribution in [0.2, 0.25) is 0 Å². The van der Waals surface area contributed by atoms with Gasteiger partial charge in [0.25, 0.3) is 0 Å². The third kappa shape index (κ3) is 4.11. The van der Waals surface area contributed by atoms with Crippen LogP contribution in [-0.4, -0.2) is 35.6 Å². The number of benzene rings is 1. The summed E-state index contributed by atoms with van der Waals surface area (Å²) in [6, 6.07) is 6.58. The smallest absolute Gasteiger partial charge is 0.173 e. The quantitative estimate of drug-likeness (QED) is 0.350. The molecule has 0 amide bonds. The molecule has 1 saturated carbocycles. The van der Waals surface area contributed by atoms with Crippen LogP contribution >= 0.6 is 0 Å². The van der Waals surface area contributed by atoms with Gasteiger partial charge < -0.3 is 15.7 Å². The maximum atomic E-state index is 8.90. The van der Waals surface area contributed by atoms with E-state index in [1.165, 1.54) is 12.8 Å². The maximum absolute atomic E-state index is 8.90. The fourth-order valence-electron chi connectivity index (χ4n) is 2.59. The molecule has 1 aliphatic carbocycles. The number of ether oxygens (including phenoxy) is 1. The first-order valence-electron chi connectivity index (χ1n) is 7.44. The summed E-state index contributed by atoms with van der Waals surface area (Å²) in [7, 11) is 1.58. The summed E-state index contributed by atoms with van der Waals surface area (Å²) in [4.78, 5) is 2.52. The fraction of sp³-hybridized carbons (Fsp3) is 0.562. The third-order valence-electron chi connectivity index (χ3n) is 3.70. The summed E-state index contributed by atoms with van der Waals surface area (Å²) in [6.07, 6.45) is 2.58. The first-order valence-corrected chi connectivity index (χ1v) is 7.44. The van der Waals surface area contributed by atoms with Crippen molar-refractivity contribution in [3.05, 3.63) is 29.3 Å². The van der Waals surface area contributed by atoms with E-state index in [1.807, 2.05) is 18.2 Å². The van der Waals surface area contributed by atoms with Crippen LogP contribution in [-0.2, 0) is 6.54 Å². The van der Waals surface area contributed by atoms with Crippen molar-refractivity contribution in [1.29, 1.82) is 0 Å². The van der Waals surface area contributed by atoms with Crippen molar-refractivity contribution in [3.63, 3.8) is 0 Å². The van der Waals surface area contributed by atoms with Gasteiger partial charge in [0.15, 0.2) is 5.84 Å². The second-order valence-corrected chi connectivity index (χ2v) is 6.07. The zero-order valence-corrected chi connectivity index (χ0v) is 13.0. The monoisotopic (exact) mass is 291 g/mol. The van der Waals surface area contributed by atoms with Gasteiger partial charge in [0.1, 0.15) is 5.75 Å². The second-order valence-electron chi connectivity index (χ2n) is 6.07. The number of methoxy groups -OCH3 is 1. The average Bonchev–Trinajstić information content (AvgIpc) is 3.29. The predicted octanol–water partition coefficient (Wildman–Crippen LogP) is 2.41. The first-order chi connectivity index (χ1) is 10.0. The summed E-state index contributed by atoms with van der Waals surface area (Å²) >= 11 is 0. The van der Waals surface area contributed by atoms with Crippen LogP contribution in [0.25, 0.3) is 0 Å². The minimum absolute atomic E-state index is 0.0792. The van der Waals surface area contributed by atoms with Gasteiger partial charge in [-0.05, 0) is 36.5 Å². The predicted molar refractivity (Wildman–Crippen MR) is 83.8 cm³/mol. The molecule has 0 aromatic heterocycles. The molecule has 1 aromatic rings. The van der Waals surface area contributed by atoms with E-state index in [1.54, 1.807) is 7.11 Å². The van der Waals surface area contributed by atoms with Crippen molar-refractivity contribution in [2.75, 3.05) is 13.7 Å². The first kappa shape index (κ1) is 15.6. The van der Waals surface area contributed by atoms with Gasteiger partial charge in [0.2, 0.25) is 0 Å². The molecule has 0 radical (unpaired) electrons. The fourth-order valence-corrected chi connectivity index (χ4v) is 2.59. The Balaban J connectivity index is 2.19. The largest absolute Gasteiger partial charge is 0.496 e. The van der Waals surface area contributed by atoms with Gasteiger partial charge in [-0.25, -0.2) is 0 Å². The van der Waals surface area contributed by atoms with Gasteiger partial charge in [0.05, 0.1) is 12.7 Å². The lowest BCUT2D eigenvalue weighted by Crippen LogP contribution is -2.29. The molecular weight excluding hydrogens is 266 g/mol. The molecule has 0 bridgehead atoms. The van der Waals surface area contributed by atoms with Crippen LogP contribution in [0.15, 0.2) is 23.4 Å². The van der Waals surface area contributed by atoms with Crippen molar-refractivity contribution in [1.82, 2.24) is 4.90 Å². The Morgan fingerprint density at radius 1 is 1.48 bits per heavy atom. The van der Waals surface area contributed by atoms with Crippen molar-refractivity contribution in [2.45, 2.75) is 39.3 Å². The zero-order valence-electron chi connectivity index (χ0n) is 13.0. The Labute approximate surface area is 126 Å². The Kier molecular flexibility index (Phi) is 5.07. The molecule has 116 valence electrons. The molecule has 2 rings (SSSR count). The Morgan fingerprint density at radius 3 is 2.71 bits per heavy atom. The minimum atomic E-state index is 0.0792. The Bertz CT molecular complexity index is 510. The lowest BCUT2D eigenvalue weighted by atomic mass is 10.1. The van der Waals surface area contributed by atoms with E-state index in [0.29, 0.717) is 23.3 Å². The van der Waals surface area contributed by atoms with E-state index in [4.69, 9.17) is 15.7 Å². The molecular formula is C16H25N3O2. The summed E-state index contributed by atoms with van der Waals surface area (Å²) in [5.41, 5.74) is 7.52. The van der Waals surface area contributed by atoms with Crippen LogP contribution in [0.1, 0.15) is 37.8 Å². The van der Waals surface area contributed by atoms with Crippen LogP contribution in [0, 0.1) is 5.92 Å². The SMILES string of the molecule is COc1ccc(CN(CC(C)C)C2CC2)cc1C(N)=NO. The van der Waals surface area contributed by atoms with Crippen molar-refractivity contribution in [3.8, 4) is 5.75 Å². The van der Waals surface area contributed by atoms with E-state index in [2.05, 4.69) is 23.9 Å². The highest BCUT2D eigenvalue weighted by Crippen LogP contribution is 2.30. The zero-order chi connectivity index (χ0) is 15.4. The number of amidine groups is 1. The van der Waals surface area contributed by atoms with E-state index in [9.17, 15) is 0 Å². The van der Waals surface area contributed by atoms with Crippen LogP contribution < -0.4 is 10.5 Å². The molecule has 0 spiro atoms. The number of rotatable bonds is 7. The van der Waals surface area contributed by atoms with Gasteiger partial charge in [-0.3, -0.25) is 4.90 Å². The number of hydrogen-bond donors (Lipinski definition) is 2. The van der Waals surface area contributed by atoms with E-state index in [-0.39, 0.29) is 5.84 Å². The molecule has 0 atom stereocenters. The summed E-state index contributed by atoms with van der Waals surface area (Å²) < 4.78 is 5.27. The molecule has 0 unspecified atom stereocenters. The van der Waals surface area contributed by atoms with Crippen molar-refractivity contribution in [2.24, 2.45) is 16.8 Å². The van der Waals surface area contributed by atoms with Crippen LogP contribution in [0.5, 0.6) is 5.75 Å². The summed E-state index contributed by atoms with van der Waals surface area (Å²) in [6.45, 7) is 6.46. The lowest BCUT2D eigenvalue weighted by molar-refractivity contribution is 0.226. The molecule has 1 aromatic carbocycles. The number of oxime groups is 1. The number of nitrogens with zero attached hydrogens (tertiary/aromatic N) is 2. The van der Waals surface area contributed by atoms with Crippen molar-refractivity contribution >= 4 is 5.84 Å². The van der Waals surface area contributed by atoms with Crippen LogP contribution in [0.3, 0.4) is 0 Å². The maximum Gasteiger partial charge on any atom is 0.173 e. The van der Waals surface area contributed by atoms with Crippen molar-refractivity contribution < 1.29 is 9.94 Å². The molecule has 0 saturated heterocycles. The van der Waals surface area contributed by atoms with Gasteiger partial charge in [-0.1, -0.05) is 25.1 Å². The van der Waals surface area contributed by atoms with Gasteiger partial charge >= 0.3 is 0 Å². The van der Waals surface area contributed by atoms with Crippen LogP contribution in [0.4, 0.5) is 0 Å². The van der Waals surface area contributed by atoms with E-state index >= 15 is 0 Å². The standard InChI is InChI=1S/C16H25N3O2/c1-11(2)9-19(13-5-6-13)10-12-4-7-15(21-3)14(8-12)16(17)18-20/h4,7-8,11,13,20H,5-6,9-10H2,1-3H3,(H2,17,18). The Hall–Kier alpha value is -1.75. The highest BCUT2D eigenvalue weighted by atomic mass is 16.5. The highest BCUT2D eigenvalue weighted by molar-refractivity contribution is 5.99. The van der Waals surface area contributed by atoms with Gasteiger partial charge in [-0.2, -0.15) is 0 Å². The topological polar surface area (TPSA) is 71.1 Å². The molecule has 5 nitrogen and oxygen atoms in total. The van der Waals surface area contributed by atoms with Gasteiger partial charge in [0, 0.05) is 19.1 Å². The summed E-state index contributed by atoms with van der Waals surface area (Å²) in [5, 5.41) is 12.0. The highest BCUT2D eigenvalue weighted by Gasteiger charge is 2.29. The molecule has 1 aliphatic rings. The minimum Gasteiger partial charge on any atom is -0.496 e. The van der Waals surface area contributed by atoms with E-state index < -0.39 is 0 Å². The molecule has 5 heteroatoms. The number of nitrogens with two attached hydrogens (primary N) is 1. The molecule has 0 heterocycles. The Morgan fingerprint density at radius 2 is 2.19 bits per heavy atom. The molecule has 0 aliphatic heterocycles. The van der Waals surface area contributed by atoms with Gasteiger partial charge in [-0.15, -0.1) is 0 Å². The second kappa shape index (κ2) is 6.80.